The standard InChI is InChI=1S/C21H27N3O5/c1-27-18-6-4-15(21(13-18)29-3)14-23-10-8-16(9-11-23)22-19-12-17(24(25)26)5-7-20(19)28-2/h4-7,12-13,16,22H,8-11,14H2,1-3H3. The van der Waals surface area contributed by atoms with Crippen LogP contribution >= 0.6 is 0 Å². The van der Waals surface area contributed by atoms with Crippen molar-refractivity contribution in [2.75, 3.05) is 39.7 Å². The largest absolute Gasteiger partial charge is 0.497 e. The van der Waals surface area contributed by atoms with Gasteiger partial charge in [0.2, 0.25) is 0 Å². The fourth-order valence-corrected chi connectivity index (χ4v) is 3.60. The van der Waals surface area contributed by atoms with Crippen molar-refractivity contribution in [3.05, 3.63) is 52.1 Å². The maximum Gasteiger partial charge on any atom is 0.271 e. The number of hydrogen-bond donors (Lipinski definition) is 1. The van der Waals surface area contributed by atoms with Crippen molar-refractivity contribution in [3.63, 3.8) is 0 Å². The first kappa shape index (κ1) is 20.7. The highest BCUT2D eigenvalue weighted by atomic mass is 16.6. The highest BCUT2D eigenvalue weighted by Crippen LogP contribution is 2.31. The summed E-state index contributed by atoms with van der Waals surface area (Å²) in [7, 11) is 4.88. The predicted octanol–water partition coefficient (Wildman–Crippen LogP) is 3.70. The fraction of sp³-hybridized carbons (Fsp3) is 0.429. The predicted molar refractivity (Wildman–Crippen MR) is 111 cm³/mol. The summed E-state index contributed by atoms with van der Waals surface area (Å²) in [6, 6.07) is 10.7. The van der Waals surface area contributed by atoms with Crippen LogP contribution in [0.4, 0.5) is 11.4 Å². The van der Waals surface area contributed by atoms with Gasteiger partial charge in [0.25, 0.3) is 5.69 Å². The number of nitrogens with zero attached hydrogens (tertiary/aromatic N) is 2. The van der Waals surface area contributed by atoms with Crippen LogP contribution in [0.25, 0.3) is 0 Å². The van der Waals surface area contributed by atoms with Gasteiger partial charge in [0.05, 0.1) is 31.9 Å². The number of non-ortho nitro benzene ring substituents is 1. The molecule has 0 bridgehead atoms. The highest BCUT2D eigenvalue weighted by molar-refractivity contribution is 5.62. The molecule has 1 aliphatic rings. The van der Waals surface area contributed by atoms with E-state index in [0.29, 0.717) is 11.4 Å². The van der Waals surface area contributed by atoms with E-state index in [2.05, 4.69) is 10.2 Å². The van der Waals surface area contributed by atoms with Crippen LogP contribution in [0.2, 0.25) is 0 Å². The maximum absolute atomic E-state index is 11.1. The molecule has 0 saturated carbocycles. The van der Waals surface area contributed by atoms with Crippen molar-refractivity contribution < 1.29 is 19.1 Å². The van der Waals surface area contributed by atoms with E-state index >= 15 is 0 Å². The first-order chi connectivity index (χ1) is 14.0. The van der Waals surface area contributed by atoms with Crippen LogP contribution in [-0.4, -0.2) is 50.3 Å². The van der Waals surface area contributed by atoms with E-state index in [-0.39, 0.29) is 11.7 Å². The van der Waals surface area contributed by atoms with E-state index in [1.807, 2.05) is 18.2 Å². The van der Waals surface area contributed by atoms with Crippen molar-refractivity contribution in [3.8, 4) is 17.2 Å². The Bertz CT molecular complexity index is 850. The van der Waals surface area contributed by atoms with Crippen molar-refractivity contribution in [1.29, 1.82) is 0 Å². The SMILES string of the molecule is COc1ccc(CN2CCC(Nc3cc([N+](=O)[O-])ccc3OC)CC2)c(OC)c1. The van der Waals surface area contributed by atoms with Crippen LogP contribution in [0.3, 0.4) is 0 Å². The van der Waals surface area contributed by atoms with Gasteiger partial charge in [0.1, 0.15) is 17.2 Å². The molecule has 0 unspecified atom stereocenters. The summed E-state index contributed by atoms with van der Waals surface area (Å²) in [5.74, 6) is 2.21. The molecule has 1 fully saturated rings. The number of benzene rings is 2. The number of ether oxygens (including phenoxy) is 3. The Labute approximate surface area is 170 Å². The molecule has 0 aromatic heterocycles. The number of rotatable bonds is 8. The molecule has 1 heterocycles. The molecule has 2 aromatic rings. The van der Waals surface area contributed by atoms with Crippen LogP contribution in [0.1, 0.15) is 18.4 Å². The molecule has 156 valence electrons. The number of piperidine rings is 1. The van der Waals surface area contributed by atoms with Gasteiger partial charge in [-0.1, -0.05) is 6.07 Å². The molecule has 2 aromatic carbocycles. The molecule has 1 saturated heterocycles. The molecule has 0 spiro atoms. The summed E-state index contributed by atoms with van der Waals surface area (Å²) in [5, 5.41) is 14.5. The third-order valence-electron chi connectivity index (χ3n) is 5.23. The number of nitrogens with one attached hydrogen (secondary N) is 1. The Morgan fingerprint density at radius 1 is 1.03 bits per heavy atom. The van der Waals surface area contributed by atoms with Gasteiger partial charge in [-0.3, -0.25) is 15.0 Å². The monoisotopic (exact) mass is 401 g/mol. The minimum Gasteiger partial charge on any atom is -0.497 e. The number of nitro benzene ring substituents is 1. The molecule has 3 rings (SSSR count). The van der Waals surface area contributed by atoms with Crippen molar-refractivity contribution in [2.24, 2.45) is 0 Å². The summed E-state index contributed by atoms with van der Waals surface area (Å²) >= 11 is 0. The molecule has 1 aliphatic heterocycles. The third kappa shape index (κ3) is 5.08. The minimum absolute atomic E-state index is 0.0531. The van der Waals surface area contributed by atoms with Crippen LogP contribution in [0.5, 0.6) is 17.2 Å². The Morgan fingerprint density at radius 2 is 1.76 bits per heavy atom. The molecule has 8 heteroatoms. The molecule has 1 N–H and O–H groups in total. The van der Waals surface area contributed by atoms with Crippen molar-refractivity contribution >= 4 is 11.4 Å². The Morgan fingerprint density at radius 3 is 2.38 bits per heavy atom. The second-order valence-electron chi connectivity index (χ2n) is 7.01. The summed E-state index contributed by atoms with van der Waals surface area (Å²) in [6.07, 6.45) is 1.87. The van der Waals surface area contributed by atoms with E-state index in [0.717, 1.165) is 49.5 Å². The smallest absolute Gasteiger partial charge is 0.271 e. The number of likely N-dealkylation sites (tertiary alicyclic amines) is 1. The highest BCUT2D eigenvalue weighted by Gasteiger charge is 2.22. The van der Waals surface area contributed by atoms with Crippen molar-refractivity contribution in [2.45, 2.75) is 25.4 Å². The van der Waals surface area contributed by atoms with E-state index in [9.17, 15) is 10.1 Å². The van der Waals surface area contributed by atoms with Gasteiger partial charge in [-0.25, -0.2) is 0 Å². The summed E-state index contributed by atoms with van der Waals surface area (Å²) in [4.78, 5) is 13.1. The van der Waals surface area contributed by atoms with Crippen LogP contribution in [-0.2, 0) is 6.54 Å². The molecular formula is C21H27N3O5. The molecule has 0 aliphatic carbocycles. The zero-order valence-electron chi connectivity index (χ0n) is 17.0. The molecule has 0 amide bonds. The van der Waals surface area contributed by atoms with Gasteiger partial charge in [-0.05, 0) is 25.0 Å². The fourth-order valence-electron chi connectivity index (χ4n) is 3.60. The second kappa shape index (κ2) is 9.47. The van der Waals surface area contributed by atoms with Gasteiger partial charge >= 0.3 is 0 Å². The van der Waals surface area contributed by atoms with E-state index in [1.165, 1.54) is 12.1 Å². The summed E-state index contributed by atoms with van der Waals surface area (Å²) in [5.41, 5.74) is 1.84. The van der Waals surface area contributed by atoms with Crippen LogP contribution in [0, 0.1) is 10.1 Å². The zero-order valence-corrected chi connectivity index (χ0v) is 17.0. The lowest BCUT2D eigenvalue weighted by molar-refractivity contribution is -0.384. The average molecular weight is 401 g/mol. The quantitative estimate of drug-likeness (QED) is 0.533. The second-order valence-corrected chi connectivity index (χ2v) is 7.01. The van der Waals surface area contributed by atoms with Gasteiger partial charge < -0.3 is 19.5 Å². The topological polar surface area (TPSA) is 86.1 Å². The Kier molecular flexibility index (Phi) is 6.77. The van der Waals surface area contributed by atoms with E-state index in [4.69, 9.17) is 14.2 Å². The Hall–Kier alpha value is -3.00. The number of methoxy groups -OCH3 is 3. The van der Waals surface area contributed by atoms with Crippen LogP contribution in [0.15, 0.2) is 36.4 Å². The van der Waals surface area contributed by atoms with E-state index < -0.39 is 4.92 Å². The van der Waals surface area contributed by atoms with Crippen LogP contribution < -0.4 is 19.5 Å². The average Bonchev–Trinajstić information content (AvgIpc) is 2.75. The van der Waals surface area contributed by atoms with Crippen molar-refractivity contribution in [1.82, 2.24) is 4.90 Å². The third-order valence-corrected chi connectivity index (χ3v) is 5.23. The number of anilines is 1. The molecule has 8 nitrogen and oxygen atoms in total. The molecule has 29 heavy (non-hydrogen) atoms. The zero-order chi connectivity index (χ0) is 20.8. The van der Waals surface area contributed by atoms with Gasteiger partial charge in [-0.2, -0.15) is 0 Å². The first-order valence-corrected chi connectivity index (χ1v) is 9.56. The molecular weight excluding hydrogens is 374 g/mol. The maximum atomic E-state index is 11.1. The lowest BCUT2D eigenvalue weighted by atomic mass is 10.0. The summed E-state index contributed by atoms with van der Waals surface area (Å²) in [6.45, 7) is 2.65. The number of nitro groups is 1. The molecule has 0 radical (unpaired) electrons. The van der Waals surface area contributed by atoms with E-state index in [1.54, 1.807) is 27.4 Å². The van der Waals surface area contributed by atoms with Gasteiger partial charge in [-0.15, -0.1) is 0 Å². The van der Waals surface area contributed by atoms with Gasteiger partial charge in [0, 0.05) is 49.4 Å². The Balaban J connectivity index is 1.60. The minimum atomic E-state index is -0.393. The first-order valence-electron chi connectivity index (χ1n) is 9.56. The number of hydrogen-bond acceptors (Lipinski definition) is 7. The molecule has 0 atom stereocenters. The lowest BCUT2D eigenvalue weighted by Crippen LogP contribution is -2.38. The van der Waals surface area contributed by atoms with Gasteiger partial charge in [0.15, 0.2) is 0 Å². The summed E-state index contributed by atoms with van der Waals surface area (Å²) < 4.78 is 16.1. The lowest BCUT2D eigenvalue weighted by Gasteiger charge is -2.33. The normalized spacial score (nSPS) is 15.0.